The van der Waals surface area contributed by atoms with Crippen LogP contribution in [0.2, 0.25) is 0 Å². The Labute approximate surface area is 103 Å². The van der Waals surface area contributed by atoms with E-state index >= 15 is 0 Å². The van der Waals surface area contributed by atoms with E-state index in [0.717, 1.165) is 6.92 Å². The summed E-state index contributed by atoms with van der Waals surface area (Å²) in [6, 6.07) is 0. The number of rotatable bonds is 1. The maximum atomic E-state index is 9.70. The monoisotopic (exact) mass is 188 g/mol. The molecule has 0 saturated carbocycles. The minimum atomic E-state index is -4.57. The van der Waals surface area contributed by atoms with Crippen LogP contribution in [0.1, 0.15) is 6.92 Å². The number of carbonyl (C=O) groups excluding carboxylic acids is 1. The van der Waals surface area contributed by atoms with Crippen LogP contribution in [-0.2, 0) is 19.4 Å². The van der Waals surface area contributed by atoms with Gasteiger partial charge in [-0.15, -0.1) is 0 Å². The van der Waals surface area contributed by atoms with Gasteiger partial charge in [-0.3, -0.25) is 9.35 Å². The molecule has 5 nitrogen and oxygen atoms in total. The van der Waals surface area contributed by atoms with Crippen molar-refractivity contribution in [2.75, 3.05) is 0 Å². The van der Waals surface area contributed by atoms with E-state index in [1.807, 2.05) is 0 Å². The Balaban J connectivity index is -0.000000245. The molecule has 10 heavy (non-hydrogen) atoms. The molecule has 0 aromatic rings. The van der Waals surface area contributed by atoms with Crippen molar-refractivity contribution < 1.29 is 21.9 Å². The molecule has 0 heterocycles. The third-order valence-corrected chi connectivity index (χ3v) is 0.668. The summed E-state index contributed by atoms with van der Waals surface area (Å²) in [4.78, 5) is 9.70. The molecule has 52 valence electrons. The Morgan fingerprint density at radius 3 is 1.70 bits per heavy atom. The fourth-order valence-electron chi connectivity index (χ4n) is 0.148. The summed E-state index contributed by atoms with van der Waals surface area (Å²) >= 11 is 0. The van der Waals surface area contributed by atoms with Gasteiger partial charge >= 0.3 is 75.5 Å². The topological polar surface area (TPSA) is 80.7 Å². The Morgan fingerprint density at radius 2 is 1.70 bits per heavy atom. The van der Waals surface area contributed by atoms with Gasteiger partial charge in [-0.05, 0) is 0 Å². The van der Waals surface area contributed by atoms with E-state index < -0.39 is 16.4 Å². The van der Waals surface area contributed by atoms with Crippen molar-refractivity contribution in [3.63, 3.8) is 0 Å². The van der Waals surface area contributed by atoms with E-state index in [0.29, 0.717) is 0 Å². The van der Waals surface area contributed by atoms with Crippen LogP contribution < -0.4 is 0 Å². The zero-order valence-electron chi connectivity index (χ0n) is 3.99. The quantitative estimate of drug-likeness (QED) is 0.382. The van der Waals surface area contributed by atoms with E-state index in [1.165, 1.54) is 0 Å². The standard InChI is InChI=1S/C2H4O5S.2Na.2H/c1-2(3)7-8(4,5)6;;;;/h1H3,(H,4,5,6);;;;. The molecule has 0 aliphatic carbocycles. The molecule has 0 spiro atoms. The van der Waals surface area contributed by atoms with Crippen LogP contribution in [-0.4, -0.2) is 78.1 Å². The summed E-state index contributed by atoms with van der Waals surface area (Å²) < 4.78 is 30.2. The summed E-state index contributed by atoms with van der Waals surface area (Å²) in [6.07, 6.45) is 0. The van der Waals surface area contributed by atoms with Gasteiger partial charge in [0, 0.05) is 6.92 Å². The Bertz CT molecular complexity index is 184. The van der Waals surface area contributed by atoms with Crippen molar-refractivity contribution in [3.05, 3.63) is 0 Å². The maximum absolute atomic E-state index is 9.70. The molecule has 1 N–H and O–H groups in total. The molecule has 0 amide bonds. The summed E-state index contributed by atoms with van der Waals surface area (Å²) in [7, 11) is -4.57. The molecule has 0 radical (unpaired) electrons. The van der Waals surface area contributed by atoms with Crippen molar-refractivity contribution in [1.82, 2.24) is 0 Å². The molecular weight excluding hydrogens is 182 g/mol. The van der Waals surface area contributed by atoms with Gasteiger partial charge in [0.05, 0.1) is 0 Å². The van der Waals surface area contributed by atoms with Gasteiger partial charge in [-0.2, -0.15) is 8.42 Å². The zero-order valence-corrected chi connectivity index (χ0v) is 4.80. The molecule has 0 unspecified atom stereocenters. The van der Waals surface area contributed by atoms with Crippen molar-refractivity contribution in [3.8, 4) is 0 Å². The molecule has 0 aliphatic heterocycles. The Morgan fingerprint density at radius 1 is 1.40 bits per heavy atom. The third kappa shape index (κ3) is 16.2. The second-order valence-electron chi connectivity index (χ2n) is 1.00. The van der Waals surface area contributed by atoms with Gasteiger partial charge in [-0.1, -0.05) is 0 Å². The van der Waals surface area contributed by atoms with Crippen LogP contribution in [0.4, 0.5) is 0 Å². The van der Waals surface area contributed by atoms with Gasteiger partial charge in [0.1, 0.15) is 0 Å². The number of hydrogen-bond acceptors (Lipinski definition) is 4. The first-order valence-electron chi connectivity index (χ1n) is 1.59. The average Bonchev–Trinajstić information content (AvgIpc) is 1.21. The molecule has 8 heteroatoms. The normalized spacial score (nSPS) is 8.60. The van der Waals surface area contributed by atoms with E-state index in [4.69, 9.17) is 4.55 Å². The van der Waals surface area contributed by atoms with E-state index in [-0.39, 0.29) is 59.1 Å². The Kier molecular flexibility index (Phi) is 12.3. The first-order chi connectivity index (χ1) is 3.42. The summed E-state index contributed by atoms with van der Waals surface area (Å²) in [5, 5.41) is 0. The van der Waals surface area contributed by atoms with Crippen molar-refractivity contribution in [2.45, 2.75) is 6.92 Å². The van der Waals surface area contributed by atoms with Gasteiger partial charge in [0.25, 0.3) is 0 Å². The first-order valence-corrected chi connectivity index (χ1v) is 2.96. The van der Waals surface area contributed by atoms with Crippen LogP contribution in [0, 0.1) is 0 Å². The van der Waals surface area contributed by atoms with Crippen LogP contribution >= 0.6 is 0 Å². The van der Waals surface area contributed by atoms with Crippen LogP contribution in [0.5, 0.6) is 0 Å². The van der Waals surface area contributed by atoms with Gasteiger partial charge in [0.15, 0.2) is 0 Å². The van der Waals surface area contributed by atoms with Gasteiger partial charge in [-0.25, -0.2) is 0 Å². The van der Waals surface area contributed by atoms with Crippen molar-refractivity contribution in [2.24, 2.45) is 0 Å². The molecule has 0 saturated heterocycles. The zero-order chi connectivity index (χ0) is 6.78. The molecule has 0 aliphatic rings. The molecule has 0 bridgehead atoms. The number of carbonyl (C=O) groups is 1. The second kappa shape index (κ2) is 7.05. The fraction of sp³-hybridized carbons (Fsp3) is 0.500. The third-order valence-electron chi connectivity index (χ3n) is 0.223. The Hall–Kier alpha value is 1.38. The SMILES string of the molecule is CC(=O)OS(=O)(=O)O.[NaH].[NaH]. The van der Waals surface area contributed by atoms with E-state index in [9.17, 15) is 13.2 Å². The van der Waals surface area contributed by atoms with Crippen LogP contribution in [0.3, 0.4) is 0 Å². The first kappa shape index (κ1) is 17.5. The van der Waals surface area contributed by atoms with Crippen LogP contribution in [0.25, 0.3) is 0 Å². The van der Waals surface area contributed by atoms with Crippen molar-refractivity contribution in [1.29, 1.82) is 0 Å². The molecule has 0 aromatic carbocycles. The van der Waals surface area contributed by atoms with Crippen LogP contribution in [0.15, 0.2) is 0 Å². The summed E-state index contributed by atoms with van der Waals surface area (Å²) in [5.41, 5.74) is 0. The number of hydrogen-bond donors (Lipinski definition) is 1. The van der Waals surface area contributed by atoms with E-state index in [1.54, 1.807) is 0 Å². The second-order valence-corrected chi connectivity index (χ2v) is 2.02. The molecule has 0 fully saturated rings. The van der Waals surface area contributed by atoms with Crippen molar-refractivity contribution >= 4 is 75.5 Å². The average molecular weight is 188 g/mol. The predicted octanol–water partition coefficient (Wildman–Crippen LogP) is -1.94. The summed E-state index contributed by atoms with van der Waals surface area (Å²) in [5.74, 6) is -1.06. The van der Waals surface area contributed by atoms with E-state index in [2.05, 4.69) is 4.18 Å². The molecular formula is C2H6Na2O5S. The van der Waals surface area contributed by atoms with Gasteiger partial charge in [0.2, 0.25) is 0 Å². The minimum absolute atomic E-state index is 0. The molecule has 0 atom stereocenters. The molecule has 0 aromatic heterocycles. The fourth-order valence-corrected chi connectivity index (χ4v) is 0.445. The van der Waals surface area contributed by atoms with Gasteiger partial charge < -0.3 is 4.18 Å². The summed E-state index contributed by atoms with van der Waals surface area (Å²) in [6.45, 7) is 0.869. The molecule has 0 rings (SSSR count). The predicted molar refractivity (Wildman–Crippen MR) is 37.6 cm³/mol.